The van der Waals surface area contributed by atoms with Gasteiger partial charge >= 0.3 is 0 Å². The Morgan fingerprint density at radius 2 is 1.92 bits per heavy atom. The third kappa shape index (κ3) is 3.20. The van der Waals surface area contributed by atoms with E-state index >= 15 is 0 Å². The zero-order chi connectivity index (χ0) is 9.68. The van der Waals surface area contributed by atoms with Crippen molar-refractivity contribution in [3.05, 3.63) is 24.3 Å². The summed E-state index contributed by atoms with van der Waals surface area (Å²) in [5.74, 6) is 0.904. The summed E-state index contributed by atoms with van der Waals surface area (Å²) in [6.45, 7) is 4.06. The van der Waals surface area contributed by atoms with Crippen molar-refractivity contribution in [1.29, 1.82) is 0 Å². The van der Waals surface area contributed by atoms with E-state index in [-0.39, 0.29) is 6.10 Å². The van der Waals surface area contributed by atoms with E-state index in [0.29, 0.717) is 9.76 Å². The third-order valence-electron chi connectivity index (χ3n) is 1.51. The van der Waals surface area contributed by atoms with Crippen LogP contribution >= 0.6 is 0 Å². The highest BCUT2D eigenvalue weighted by Crippen LogP contribution is 2.04. The van der Waals surface area contributed by atoms with Gasteiger partial charge < -0.3 is 9.16 Å². The average molecular weight is 194 g/mol. The van der Waals surface area contributed by atoms with Gasteiger partial charge in [-0.05, 0) is 19.9 Å². The van der Waals surface area contributed by atoms with Crippen LogP contribution in [0.1, 0.15) is 13.8 Å². The van der Waals surface area contributed by atoms with Gasteiger partial charge in [-0.3, -0.25) is 0 Å². The molecule has 0 atom stereocenters. The van der Waals surface area contributed by atoms with Crippen molar-refractivity contribution >= 4 is 14.9 Å². The monoisotopic (exact) mass is 194 g/mol. The van der Waals surface area contributed by atoms with Crippen molar-refractivity contribution in [3.8, 4) is 5.75 Å². The summed E-state index contributed by atoms with van der Waals surface area (Å²) in [6, 6.07) is 7.93. The first kappa shape index (κ1) is 10.3. The SMILES string of the molecule is COc1ccccc1[Si]OC(C)C. The van der Waals surface area contributed by atoms with Gasteiger partial charge in [0.05, 0.1) is 7.11 Å². The van der Waals surface area contributed by atoms with Gasteiger partial charge in [0.1, 0.15) is 5.75 Å². The van der Waals surface area contributed by atoms with Crippen LogP contribution in [-0.4, -0.2) is 23.0 Å². The Kier molecular flexibility index (Phi) is 3.99. The van der Waals surface area contributed by atoms with Gasteiger partial charge in [0.25, 0.3) is 9.76 Å². The largest absolute Gasteiger partial charge is 0.497 e. The molecule has 0 N–H and O–H groups in total. The predicted molar refractivity (Wildman–Crippen MR) is 54.6 cm³/mol. The van der Waals surface area contributed by atoms with Crippen LogP contribution in [0.5, 0.6) is 5.75 Å². The first-order valence-corrected chi connectivity index (χ1v) is 5.19. The number of rotatable bonds is 4. The Bertz CT molecular complexity index is 261. The molecule has 0 unspecified atom stereocenters. The van der Waals surface area contributed by atoms with Crippen LogP contribution < -0.4 is 9.92 Å². The van der Waals surface area contributed by atoms with Crippen LogP contribution in [0, 0.1) is 0 Å². The Balaban J connectivity index is 2.64. The molecule has 0 aliphatic rings. The summed E-state index contributed by atoms with van der Waals surface area (Å²) in [6.07, 6.45) is 0.267. The molecule has 1 rings (SSSR count). The van der Waals surface area contributed by atoms with Gasteiger partial charge in [-0.15, -0.1) is 0 Å². The standard InChI is InChI=1S/C10H14O2Si/c1-8(2)12-13-10-7-5-4-6-9(10)11-3/h4-8H,1-3H3. The van der Waals surface area contributed by atoms with Gasteiger partial charge in [0.15, 0.2) is 0 Å². The maximum absolute atomic E-state index is 5.52. The van der Waals surface area contributed by atoms with Crippen molar-refractivity contribution < 1.29 is 9.16 Å². The summed E-state index contributed by atoms with van der Waals surface area (Å²) in [7, 11) is 2.04. The Morgan fingerprint density at radius 1 is 1.23 bits per heavy atom. The lowest BCUT2D eigenvalue weighted by Crippen LogP contribution is -2.22. The fourth-order valence-corrected chi connectivity index (χ4v) is 1.72. The van der Waals surface area contributed by atoms with Crippen molar-refractivity contribution in [2.24, 2.45) is 0 Å². The van der Waals surface area contributed by atoms with E-state index in [4.69, 9.17) is 9.16 Å². The maximum atomic E-state index is 5.52. The molecule has 0 aromatic heterocycles. The van der Waals surface area contributed by atoms with Crippen LogP contribution in [-0.2, 0) is 4.43 Å². The Labute approximate surface area is 81.8 Å². The summed E-state index contributed by atoms with van der Waals surface area (Å²) in [4.78, 5) is 0. The molecule has 0 saturated carbocycles. The minimum absolute atomic E-state index is 0.267. The molecule has 13 heavy (non-hydrogen) atoms. The second kappa shape index (κ2) is 5.04. The van der Waals surface area contributed by atoms with E-state index in [1.807, 2.05) is 38.1 Å². The maximum Gasteiger partial charge on any atom is 0.272 e. The Morgan fingerprint density at radius 3 is 2.54 bits per heavy atom. The molecule has 3 heteroatoms. The van der Waals surface area contributed by atoms with E-state index in [1.165, 1.54) is 0 Å². The van der Waals surface area contributed by atoms with Crippen molar-refractivity contribution in [1.82, 2.24) is 0 Å². The lowest BCUT2D eigenvalue weighted by molar-refractivity contribution is 0.260. The van der Waals surface area contributed by atoms with Gasteiger partial charge in [-0.25, -0.2) is 0 Å². The normalized spacial score (nSPS) is 10.5. The molecule has 0 spiro atoms. The molecule has 0 amide bonds. The average Bonchev–Trinajstić information content (AvgIpc) is 2.15. The van der Waals surface area contributed by atoms with Gasteiger partial charge in [0.2, 0.25) is 0 Å². The summed E-state index contributed by atoms with van der Waals surface area (Å²) >= 11 is 0. The zero-order valence-electron chi connectivity index (χ0n) is 8.20. The molecule has 0 aliphatic carbocycles. The highest BCUT2D eigenvalue weighted by Gasteiger charge is 2.04. The molecule has 0 saturated heterocycles. The lowest BCUT2D eigenvalue weighted by atomic mass is 10.3. The highest BCUT2D eigenvalue weighted by molar-refractivity contribution is 6.48. The smallest absolute Gasteiger partial charge is 0.272 e. The summed E-state index contributed by atoms with van der Waals surface area (Å²) < 4.78 is 10.7. The van der Waals surface area contributed by atoms with Crippen molar-refractivity contribution in [3.63, 3.8) is 0 Å². The molecular formula is C10H14O2Si. The van der Waals surface area contributed by atoms with Crippen LogP contribution in [0.2, 0.25) is 0 Å². The zero-order valence-corrected chi connectivity index (χ0v) is 9.20. The number of hydrogen-bond acceptors (Lipinski definition) is 2. The molecule has 0 fully saturated rings. The number of hydrogen-bond donors (Lipinski definition) is 0. The van der Waals surface area contributed by atoms with Crippen molar-refractivity contribution in [2.75, 3.05) is 7.11 Å². The van der Waals surface area contributed by atoms with Crippen LogP contribution in [0.4, 0.5) is 0 Å². The molecule has 1 aromatic carbocycles. The van der Waals surface area contributed by atoms with Gasteiger partial charge in [-0.1, -0.05) is 18.2 Å². The summed E-state index contributed by atoms with van der Waals surface area (Å²) in [5.41, 5.74) is 0. The molecular weight excluding hydrogens is 180 g/mol. The molecule has 2 radical (unpaired) electrons. The van der Waals surface area contributed by atoms with E-state index in [2.05, 4.69) is 0 Å². The molecule has 70 valence electrons. The third-order valence-corrected chi connectivity index (χ3v) is 2.73. The highest BCUT2D eigenvalue weighted by atomic mass is 28.2. The fourth-order valence-electron chi connectivity index (χ4n) is 0.910. The predicted octanol–water partition coefficient (Wildman–Crippen LogP) is 1.36. The number of ether oxygens (including phenoxy) is 1. The number of para-hydroxylation sites is 1. The summed E-state index contributed by atoms with van der Waals surface area (Å²) in [5, 5.41) is 1.12. The van der Waals surface area contributed by atoms with E-state index in [0.717, 1.165) is 10.9 Å². The minimum atomic E-state index is 0.267. The van der Waals surface area contributed by atoms with Gasteiger partial charge in [-0.2, -0.15) is 0 Å². The minimum Gasteiger partial charge on any atom is -0.497 e. The van der Waals surface area contributed by atoms with Crippen molar-refractivity contribution in [2.45, 2.75) is 20.0 Å². The van der Waals surface area contributed by atoms with E-state index < -0.39 is 0 Å². The quantitative estimate of drug-likeness (QED) is 0.674. The van der Waals surface area contributed by atoms with Crippen LogP contribution in [0.15, 0.2) is 24.3 Å². The molecule has 1 aromatic rings. The Hall–Kier alpha value is -0.803. The first-order chi connectivity index (χ1) is 6.24. The van der Waals surface area contributed by atoms with E-state index in [1.54, 1.807) is 7.11 Å². The van der Waals surface area contributed by atoms with Crippen LogP contribution in [0.3, 0.4) is 0 Å². The first-order valence-electron chi connectivity index (χ1n) is 4.28. The van der Waals surface area contributed by atoms with Crippen LogP contribution in [0.25, 0.3) is 0 Å². The van der Waals surface area contributed by atoms with Gasteiger partial charge in [0, 0.05) is 11.3 Å². The second-order valence-electron chi connectivity index (χ2n) is 2.97. The topological polar surface area (TPSA) is 18.5 Å². The molecule has 0 aliphatic heterocycles. The van der Waals surface area contributed by atoms with E-state index in [9.17, 15) is 0 Å². The number of methoxy groups -OCH3 is 1. The number of benzene rings is 1. The molecule has 0 heterocycles. The lowest BCUT2D eigenvalue weighted by Gasteiger charge is -2.09. The fraction of sp³-hybridized carbons (Fsp3) is 0.400. The molecule has 2 nitrogen and oxygen atoms in total. The molecule has 0 bridgehead atoms. The second-order valence-corrected chi connectivity index (χ2v) is 3.95.